The van der Waals surface area contributed by atoms with Gasteiger partial charge in [0.05, 0.1) is 0 Å². The van der Waals surface area contributed by atoms with Gasteiger partial charge in [0.15, 0.2) is 0 Å². The molecule has 0 bridgehead atoms. The summed E-state index contributed by atoms with van der Waals surface area (Å²) >= 11 is 0. The van der Waals surface area contributed by atoms with Crippen molar-refractivity contribution in [1.82, 2.24) is 0 Å². The smallest absolute Gasteiger partial charge is 1.00 e. The van der Waals surface area contributed by atoms with E-state index in [0.29, 0.717) is 0 Å². The molecule has 0 aromatic rings. The Morgan fingerprint density at radius 1 is 1.10 bits per heavy atom. The molecule has 0 unspecified atom stereocenters. The van der Waals surface area contributed by atoms with E-state index in [4.69, 9.17) is 0 Å². The van der Waals surface area contributed by atoms with Crippen molar-refractivity contribution < 1.29 is 198 Å². The van der Waals surface area contributed by atoms with Gasteiger partial charge in [-0.25, -0.2) is 0 Å². The van der Waals surface area contributed by atoms with Gasteiger partial charge in [-0.15, -0.1) is 0 Å². The van der Waals surface area contributed by atoms with Crippen molar-refractivity contribution in [1.29, 1.82) is 0 Å². The van der Waals surface area contributed by atoms with Crippen molar-refractivity contribution in [3.05, 3.63) is 0 Å². The van der Waals surface area contributed by atoms with Crippen LogP contribution in [0.1, 0.15) is 8.56 Å². The fourth-order valence-corrected chi connectivity index (χ4v) is 0. The van der Waals surface area contributed by atoms with Crippen LogP contribution in [0.25, 0.3) is 0 Å². The van der Waals surface area contributed by atoms with E-state index in [0.717, 1.165) is 0 Å². The zero-order chi connectivity index (χ0) is 0. The van der Waals surface area contributed by atoms with Gasteiger partial charge in [0, 0.05) is 108 Å². The maximum absolute atomic E-state index is 0. The summed E-state index contributed by atoms with van der Waals surface area (Å²) in [5.41, 5.74) is 0. The number of hydrogen-bond acceptors (Lipinski definition) is 0. The summed E-state index contributed by atoms with van der Waals surface area (Å²) in [4.78, 5) is 0. The average Bonchev–Trinajstić information content (AvgIpc) is 0. The van der Waals surface area contributed by atoms with Crippen LogP contribution in [0, 0.1) is 0 Å². The normalized spacial score (nSPS) is 0. The summed E-state index contributed by atoms with van der Waals surface area (Å²) in [5, 5.41) is 0. The van der Waals surface area contributed by atoms with Crippen LogP contribution in [0.5, 0.6) is 0 Å². The summed E-state index contributed by atoms with van der Waals surface area (Å²) in [6.07, 6.45) is 0. The molecule has 0 atom stereocenters. The summed E-state index contributed by atoms with van der Waals surface area (Å²) in [5.74, 6) is 0. The van der Waals surface area contributed by atoms with E-state index in [2.05, 4.69) is 0 Å². The zero-order valence-corrected chi connectivity index (χ0v) is 22.1. The Bertz CT molecular complexity index is 48.5. The van der Waals surface area contributed by atoms with E-state index in [-0.39, 0.29) is 259 Å². The molecule has 0 saturated heterocycles. The van der Waals surface area contributed by atoms with Crippen LogP contribution >= 0.6 is 0 Å². The third-order valence-electron chi connectivity index (χ3n) is 0. The van der Waals surface area contributed by atoms with Crippen LogP contribution in [-0.2, 0) is 108 Å². The molecule has 0 aliphatic rings. The van der Waals surface area contributed by atoms with Crippen LogP contribution in [0.4, 0.5) is 0 Å². The maximum atomic E-state index is 0. The van der Waals surface area contributed by atoms with E-state index in [1.165, 1.54) is 0 Å². The Balaban J connectivity index is 0. The molecule has 10 heavy (non-hydrogen) atoms. The first-order valence-corrected chi connectivity index (χ1v) is 0. The Labute approximate surface area is 251 Å². The summed E-state index contributed by atoms with van der Waals surface area (Å²) < 4.78 is 0. The third kappa shape index (κ3) is 56.2. The standard InChI is InChI=1S/Ca.Cr.Fe.K.Mg.Mn.Na.Ni.Ti.V.6H/q+2;;;+1;+2;;+1;;;;6*-1. The van der Waals surface area contributed by atoms with Crippen LogP contribution in [-0.4, -0.2) is 60.8 Å². The molecule has 0 nitrogen and oxygen atoms in total. The molecule has 0 aliphatic heterocycles. The largest absolute Gasteiger partial charge is 2.00 e. The monoisotopic (exact) mass is 452 g/mol. The van der Waals surface area contributed by atoms with Gasteiger partial charge >= 0.3 is 142 Å². The van der Waals surface area contributed by atoms with E-state index < -0.39 is 0 Å². The molecule has 0 aromatic carbocycles. The molecule has 2 radical (unpaired) electrons. The summed E-state index contributed by atoms with van der Waals surface area (Å²) in [7, 11) is 0. The molecule has 0 aromatic heterocycles. The van der Waals surface area contributed by atoms with Crippen LogP contribution in [0.3, 0.4) is 0 Å². The SMILES string of the molecule is [Ca+2].[Cr].[Fe].[H-].[H-].[H-].[H-].[H-].[H-].[K+].[Mg+2].[Mn].[Na+].[Ni].[Ti].[V]. The van der Waals surface area contributed by atoms with E-state index >= 15 is 0 Å². The second-order valence-corrected chi connectivity index (χ2v) is 0. The van der Waals surface area contributed by atoms with Gasteiger partial charge in [-0.05, 0) is 0 Å². The molecular formula is H6CaCrFeKMgMnNaNiTiV. The van der Waals surface area contributed by atoms with Crippen molar-refractivity contribution in [2.45, 2.75) is 0 Å². The van der Waals surface area contributed by atoms with Crippen molar-refractivity contribution in [2.24, 2.45) is 0 Å². The minimum atomic E-state index is 0. The molecule has 0 heterocycles. The summed E-state index contributed by atoms with van der Waals surface area (Å²) in [6.45, 7) is 0. The van der Waals surface area contributed by atoms with Crippen molar-refractivity contribution in [3.63, 3.8) is 0 Å². The van der Waals surface area contributed by atoms with Crippen LogP contribution < -0.4 is 80.9 Å². The van der Waals surface area contributed by atoms with Gasteiger partial charge in [-0.2, -0.15) is 0 Å². The first-order valence-electron chi connectivity index (χ1n) is 0. The minimum absolute atomic E-state index is 0. The topological polar surface area (TPSA) is 0 Å². The second-order valence-electron chi connectivity index (χ2n) is 0. The van der Waals surface area contributed by atoms with Crippen molar-refractivity contribution >= 4 is 60.8 Å². The van der Waals surface area contributed by atoms with E-state index in [9.17, 15) is 0 Å². The van der Waals surface area contributed by atoms with E-state index in [1.54, 1.807) is 0 Å². The van der Waals surface area contributed by atoms with Crippen molar-refractivity contribution in [2.75, 3.05) is 0 Å². The third-order valence-corrected chi connectivity index (χ3v) is 0. The second kappa shape index (κ2) is 67.9. The number of rotatable bonds is 0. The Morgan fingerprint density at radius 3 is 1.10 bits per heavy atom. The molecule has 10 heteroatoms. The molecule has 0 aliphatic carbocycles. The molecule has 0 spiro atoms. The van der Waals surface area contributed by atoms with Crippen molar-refractivity contribution in [3.8, 4) is 0 Å². The predicted molar refractivity (Wildman–Crippen MR) is 18.2 cm³/mol. The first kappa shape index (κ1) is 81.1. The van der Waals surface area contributed by atoms with Crippen LogP contribution in [0.2, 0.25) is 0 Å². The zero-order valence-electron chi connectivity index (χ0n) is 11.8. The summed E-state index contributed by atoms with van der Waals surface area (Å²) in [6, 6.07) is 0. The maximum Gasteiger partial charge on any atom is 2.00 e. The van der Waals surface area contributed by atoms with Gasteiger partial charge in [0.25, 0.3) is 0 Å². The quantitative estimate of drug-likeness (QED) is 0.321. The molecule has 0 N–H and O–H groups in total. The van der Waals surface area contributed by atoms with Gasteiger partial charge in [0.1, 0.15) is 0 Å². The predicted octanol–water partition coefficient (Wildman–Crippen LogP) is -6.09. The first-order chi connectivity index (χ1) is 0. The molecular weight excluding hydrogens is 447 g/mol. The molecule has 52 valence electrons. The van der Waals surface area contributed by atoms with Gasteiger partial charge in [0.2, 0.25) is 0 Å². The Morgan fingerprint density at radius 2 is 1.10 bits per heavy atom. The Hall–Kier alpha value is 8.03. The number of hydrogen-bond donors (Lipinski definition) is 0. The molecule has 0 fully saturated rings. The average molecular weight is 453 g/mol. The Kier molecular flexibility index (Phi) is 551. The fraction of sp³-hybridized carbons (Fsp3) is 0. The van der Waals surface area contributed by atoms with Gasteiger partial charge in [-0.3, -0.25) is 0 Å². The molecule has 0 amide bonds. The molecule has 0 saturated carbocycles. The minimum Gasteiger partial charge on any atom is -1.00 e. The fourth-order valence-electron chi connectivity index (χ4n) is 0. The molecule has 0 rings (SSSR count). The van der Waals surface area contributed by atoms with Gasteiger partial charge in [-0.1, -0.05) is 0 Å². The van der Waals surface area contributed by atoms with Gasteiger partial charge < -0.3 is 8.56 Å². The van der Waals surface area contributed by atoms with E-state index in [1.807, 2.05) is 0 Å². The van der Waals surface area contributed by atoms with Crippen LogP contribution in [0.15, 0.2) is 0 Å².